The highest BCUT2D eigenvalue weighted by atomic mass is 16.6. The molecule has 0 radical (unpaired) electrons. The smallest absolute Gasteiger partial charge is 0.410 e. The van der Waals surface area contributed by atoms with Gasteiger partial charge in [-0.25, -0.2) is 9.78 Å². The Hall–Kier alpha value is -2.41. The minimum absolute atomic E-state index is 0.348. The van der Waals surface area contributed by atoms with Crippen LogP contribution in [0.4, 0.5) is 4.79 Å². The van der Waals surface area contributed by atoms with Crippen LogP contribution in [-0.4, -0.2) is 51.9 Å². The third kappa shape index (κ3) is 3.72. The predicted octanol–water partition coefficient (Wildman–Crippen LogP) is 2.86. The Kier molecular flexibility index (Phi) is 4.75. The number of aromatic nitrogens is 2. The van der Waals surface area contributed by atoms with E-state index in [0.717, 1.165) is 0 Å². The lowest BCUT2D eigenvalue weighted by Crippen LogP contribution is -2.46. The first-order valence-corrected chi connectivity index (χ1v) is 8.72. The van der Waals surface area contributed by atoms with Gasteiger partial charge in [-0.2, -0.15) is 0 Å². The third-order valence-corrected chi connectivity index (χ3v) is 4.51. The topological polar surface area (TPSA) is 84.8 Å². The van der Waals surface area contributed by atoms with Crippen LogP contribution in [-0.2, 0) is 10.3 Å². The Morgan fingerprint density at radius 1 is 1.23 bits per heavy atom. The number of rotatable bonds is 2. The molecule has 3 heterocycles. The molecule has 1 N–H and O–H groups in total. The maximum Gasteiger partial charge on any atom is 0.410 e. The summed E-state index contributed by atoms with van der Waals surface area (Å²) in [6.45, 7) is 6.35. The number of likely N-dealkylation sites (tertiary alicyclic amines) is 1. The third-order valence-electron chi connectivity index (χ3n) is 4.51. The lowest BCUT2D eigenvalue weighted by molar-refractivity contribution is -0.0349. The molecule has 140 valence electrons. The second kappa shape index (κ2) is 6.72. The number of hydrogen-bond donors (Lipinski definition) is 1. The van der Waals surface area contributed by atoms with E-state index in [2.05, 4.69) is 9.97 Å². The summed E-state index contributed by atoms with van der Waals surface area (Å²) in [6, 6.07) is 5.36. The van der Waals surface area contributed by atoms with E-state index in [1.807, 2.05) is 26.8 Å². The number of piperidine rings is 1. The molecule has 0 unspecified atom stereocenters. The van der Waals surface area contributed by atoms with Crippen LogP contribution in [0.3, 0.4) is 0 Å². The summed E-state index contributed by atoms with van der Waals surface area (Å²) in [5, 5.41) is 11.2. The summed E-state index contributed by atoms with van der Waals surface area (Å²) in [7, 11) is 1.55. The van der Waals surface area contributed by atoms with Gasteiger partial charge in [0.25, 0.3) is 0 Å². The average molecular weight is 359 g/mol. The van der Waals surface area contributed by atoms with Gasteiger partial charge in [-0.05, 0) is 45.7 Å². The summed E-state index contributed by atoms with van der Waals surface area (Å²) in [5.74, 6) is 0.474. The van der Waals surface area contributed by atoms with E-state index in [1.165, 1.54) is 0 Å². The van der Waals surface area contributed by atoms with Crippen molar-refractivity contribution < 1.29 is 19.4 Å². The van der Waals surface area contributed by atoms with Crippen LogP contribution >= 0.6 is 0 Å². The molecular weight excluding hydrogens is 334 g/mol. The molecule has 0 spiro atoms. The van der Waals surface area contributed by atoms with Crippen LogP contribution < -0.4 is 4.74 Å². The first kappa shape index (κ1) is 18.4. The molecule has 7 nitrogen and oxygen atoms in total. The number of carbonyl (C=O) groups excluding carboxylic acids is 1. The van der Waals surface area contributed by atoms with E-state index in [4.69, 9.17) is 9.47 Å². The summed E-state index contributed by atoms with van der Waals surface area (Å²) in [4.78, 5) is 22.7. The van der Waals surface area contributed by atoms with E-state index in [9.17, 15) is 9.90 Å². The summed E-state index contributed by atoms with van der Waals surface area (Å²) in [5.41, 5.74) is 0.433. The molecule has 7 heteroatoms. The Labute approximate surface area is 153 Å². The monoisotopic (exact) mass is 359 g/mol. The fraction of sp³-hybridized carbons (Fsp3) is 0.526. The zero-order valence-electron chi connectivity index (χ0n) is 15.7. The van der Waals surface area contributed by atoms with Gasteiger partial charge < -0.3 is 19.5 Å². The van der Waals surface area contributed by atoms with Crippen LogP contribution in [0, 0.1) is 0 Å². The van der Waals surface area contributed by atoms with Gasteiger partial charge in [0.05, 0.1) is 23.7 Å². The molecular formula is C19H25N3O4. The maximum atomic E-state index is 12.2. The minimum atomic E-state index is -1.07. The summed E-state index contributed by atoms with van der Waals surface area (Å²) >= 11 is 0. The Bertz CT molecular complexity index is 808. The van der Waals surface area contributed by atoms with Crippen molar-refractivity contribution in [3.8, 4) is 5.88 Å². The number of ether oxygens (including phenoxy) is 2. The van der Waals surface area contributed by atoms with Gasteiger partial charge in [-0.15, -0.1) is 0 Å². The van der Waals surface area contributed by atoms with Crippen molar-refractivity contribution >= 4 is 17.1 Å². The first-order chi connectivity index (χ1) is 12.2. The normalized spacial score (nSPS) is 17.2. The van der Waals surface area contributed by atoms with Crippen molar-refractivity contribution in [1.82, 2.24) is 14.9 Å². The van der Waals surface area contributed by atoms with Gasteiger partial charge >= 0.3 is 6.09 Å². The van der Waals surface area contributed by atoms with Gasteiger partial charge in [0.1, 0.15) is 5.60 Å². The van der Waals surface area contributed by atoms with Gasteiger partial charge in [-0.1, -0.05) is 0 Å². The van der Waals surface area contributed by atoms with Crippen LogP contribution in [0.5, 0.6) is 5.88 Å². The van der Waals surface area contributed by atoms with E-state index in [1.54, 1.807) is 30.3 Å². The van der Waals surface area contributed by atoms with Crippen LogP contribution in [0.25, 0.3) is 11.0 Å². The maximum absolute atomic E-state index is 12.2. The summed E-state index contributed by atoms with van der Waals surface area (Å²) in [6.07, 6.45) is 2.14. The van der Waals surface area contributed by atoms with Crippen molar-refractivity contribution in [2.24, 2.45) is 0 Å². The van der Waals surface area contributed by atoms with E-state index < -0.39 is 11.2 Å². The molecule has 1 saturated heterocycles. The van der Waals surface area contributed by atoms with Crippen LogP contribution in [0.2, 0.25) is 0 Å². The molecule has 1 amide bonds. The zero-order chi connectivity index (χ0) is 18.9. The van der Waals surface area contributed by atoms with Gasteiger partial charge in [0.2, 0.25) is 5.88 Å². The SMILES string of the molecule is COc1ccc2nccc(C3(O)CCN(C(=O)OC(C)(C)C)CC3)c2n1. The van der Waals surface area contributed by atoms with Crippen molar-refractivity contribution in [3.63, 3.8) is 0 Å². The molecule has 0 aromatic carbocycles. The number of hydrogen-bond acceptors (Lipinski definition) is 6. The van der Waals surface area contributed by atoms with Crippen LogP contribution in [0.15, 0.2) is 24.4 Å². The van der Waals surface area contributed by atoms with Crippen molar-refractivity contribution in [2.45, 2.75) is 44.8 Å². The van der Waals surface area contributed by atoms with Crippen molar-refractivity contribution in [2.75, 3.05) is 20.2 Å². The van der Waals surface area contributed by atoms with E-state index >= 15 is 0 Å². The number of aliphatic hydroxyl groups is 1. The van der Waals surface area contributed by atoms with Gasteiger partial charge in [0.15, 0.2) is 0 Å². The fourth-order valence-corrected chi connectivity index (χ4v) is 3.15. The first-order valence-electron chi connectivity index (χ1n) is 8.72. The molecule has 1 aliphatic heterocycles. The van der Waals surface area contributed by atoms with E-state index in [-0.39, 0.29) is 6.09 Å². The molecule has 1 fully saturated rings. The highest BCUT2D eigenvalue weighted by molar-refractivity contribution is 5.79. The number of nitrogens with zero attached hydrogens (tertiary/aromatic N) is 3. The number of carbonyl (C=O) groups is 1. The Morgan fingerprint density at radius 2 is 1.92 bits per heavy atom. The van der Waals surface area contributed by atoms with Gasteiger partial charge in [0, 0.05) is 30.9 Å². The minimum Gasteiger partial charge on any atom is -0.481 e. The highest BCUT2D eigenvalue weighted by Crippen LogP contribution is 2.36. The number of amides is 1. The highest BCUT2D eigenvalue weighted by Gasteiger charge is 2.38. The van der Waals surface area contributed by atoms with Crippen LogP contribution in [0.1, 0.15) is 39.2 Å². The number of pyridine rings is 2. The Morgan fingerprint density at radius 3 is 2.54 bits per heavy atom. The zero-order valence-corrected chi connectivity index (χ0v) is 15.7. The molecule has 2 aromatic rings. The summed E-state index contributed by atoms with van der Waals surface area (Å²) < 4.78 is 10.6. The number of fused-ring (bicyclic) bond motifs is 1. The second-order valence-corrected chi connectivity index (χ2v) is 7.58. The molecule has 3 rings (SSSR count). The largest absolute Gasteiger partial charge is 0.481 e. The lowest BCUT2D eigenvalue weighted by atomic mass is 9.84. The Balaban J connectivity index is 1.83. The van der Waals surface area contributed by atoms with E-state index in [0.29, 0.717) is 48.4 Å². The molecule has 1 aliphatic rings. The molecule has 0 aliphatic carbocycles. The standard InChI is InChI=1S/C19H25N3O4/c1-18(2,3)26-17(23)22-11-8-19(24,9-12-22)13-7-10-20-14-5-6-15(25-4)21-16(13)14/h5-7,10,24H,8-9,11-12H2,1-4H3. The molecule has 0 bridgehead atoms. The molecule has 0 atom stereocenters. The average Bonchev–Trinajstić information content (AvgIpc) is 2.59. The molecule has 26 heavy (non-hydrogen) atoms. The molecule has 0 saturated carbocycles. The van der Waals surface area contributed by atoms with Crippen molar-refractivity contribution in [1.29, 1.82) is 0 Å². The number of methoxy groups -OCH3 is 1. The molecule has 2 aromatic heterocycles. The fourth-order valence-electron chi connectivity index (χ4n) is 3.15. The predicted molar refractivity (Wildman–Crippen MR) is 97.0 cm³/mol. The van der Waals surface area contributed by atoms with Crippen molar-refractivity contribution in [3.05, 3.63) is 30.0 Å². The lowest BCUT2D eigenvalue weighted by Gasteiger charge is -2.39. The second-order valence-electron chi connectivity index (χ2n) is 7.58. The van der Waals surface area contributed by atoms with Gasteiger partial charge in [-0.3, -0.25) is 4.98 Å². The quantitative estimate of drug-likeness (QED) is 0.887.